The fourth-order valence-corrected chi connectivity index (χ4v) is 2.60. The molecular weight excluding hydrogens is 244 g/mol. The van der Waals surface area contributed by atoms with E-state index in [0.717, 1.165) is 11.1 Å². The van der Waals surface area contributed by atoms with Crippen molar-refractivity contribution in [2.24, 2.45) is 5.92 Å². The summed E-state index contributed by atoms with van der Waals surface area (Å²) >= 11 is 0. The second-order valence-electron chi connectivity index (χ2n) is 4.78. The molecule has 0 saturated carbocycles. The average molecular weight is 260 g/mol. The van der Waals surface area contributed by atoms with Crippen LogP contribution < -0.4 is 0 Å². The van der Waals surface area contributed by atoms with E-state index >= 15 is 0 Å². The lowest BCUT2D eigenvalue weighted by atomic mass is 9.78. The number of benzene rings is 2. The van der Waals surface area contributed by atoms with Gasteiger partial charge in [-0.15, -0.1) is 0 Å². The van der Waals surface area contributed by atoms with E-state index in [1.54, 1.807) is 0 Å². The lowest BCUT2D eigenvalue weighted by Crippen LogP contribution is -2.14. The van der Waals surface area contributed by atoms with Gasteiger partial charge < -0.3 is 0 Å². The Balaban J connectivity index is 2.44. The van der Waals surface area contributed by atoms with Crippen molar-refractivity contribution < 1.29 is 0 Å². The van der Waals surface area contributed by atoms with Crippen molar-refractivity contribution in [1.29, 1.82) is 10.5 Å². The molecule has 2 heteroatoms. The second-order valence-corrected chi connectivity index (χ2v) is 4.78. The van der Waals surface area contributed by atoms with E-state index in [4.69, 9.17) is 10.5 Å². The summed E-state index contributed by atoms with van der Waals surface area (Å²) in [5.41, 5.74) is 2.32. The van der Waals surface area contributed by atoms with Gasteiger partial charge in [-0.25, -0.2) is 0 Å². The van der Waals surface area contributed by atoms with Gasteiger partial charge in [0.05, 0.1) is 12.1 Å². The third kappa shape index (κ3) is 3.25. The Labute approximate surface area is 119 Å². The smallest absolute Gasteiger partial charge is 0.0625 e. The van der Waals surface area contributed by atoms with E-state index in [2.05, 4.69) is 36.4 Å². The zero-order valence-electron chi connectivity index (χ0n) is 11.2. The van der Waals surface area contributed by atoms with Gasteiger partial charge in [-0.2, -0.15) is 10.5 Å². The molecule has 0 aliphatic carbocycles. The van der Waals surface area contributed by atoms with Crippen LogP contribution in [0.3, 0.4) is 0 Å². The first-order valence-corrected chi connectivity index (χ1v) is 6.70. The number of nitrogens with zero attached hydrogens (tertiary/aromatic N) is 2. The summed E-state index contributed by atoms with van der Waals surface area (Å²) in [4.78, 5) is 0. The van der Waals surface area contributed by atoms with Crippen LogP contribution in [0.15, 0.2) is 60.7 Å². The first kappa shape index (κ1) is 13.8. The number of rotatable bonds is 5. The fraction of sp³-hybridized carbons (Fsp3) is 0.222. The largest absolute Gasteiger partial charge is 0.198 e. The van der Waals surface area contributed by atoms with Gasteiger partial charge in [0, 0.05) is 18.8 Å². The van der Waals surface area contributed by atoms with E-state index in [0.29, 0.717) is 12.8 Å². The van der Waals surface area contributed by atoms with Crippen molar-refractivity contribution in [3.63, 3.8) is 0 Å². The van der Waals surface area contributed by atoms with E-state index in [-0.39, 0.29) is 11.8 Å². The Bertz CT molecular complexity index is 550. The van der Waals surface area contributed by atoms with Crippen LogP contribution in [0.5, 0.6) is 0 Å². The molecular formula is C18H16N2. The third-order valence-corrected chi connectivity index (χ3v) is 3.50. The summed E-state index contributed by atoms with van der Waals surface area (Å²) in [6.45, 7) is 0. The van der Waals surface area contributed by atoms with E-state index < -0.39 is 0 Å². The minimum atomic E-state index is 0.0230. The Morgan fingerprint density at radius 1 is 0.700 bits per heavy atom. The summed E-state index contributed by atoms with van der Waals surface area (Å²) in [5, 5.41) is 18.1. The third-order valence-electron chi connectivity index (χ3n) is 3.50. The quantitative estimate of drug-likeness (QED) is 0.806. The van der Waals surface area contributed by atoms with Crippen LogP contribution in [0.2, 0.25) is 0 Å². The summed E-state index contributed by atoms with van der Waals surface area (Å²) in [6, 6.07) is 24.7. The Morgan fingerprint density at radius 2 is 1.10 bits per heavy atom. The van der Waals surface area contributed by atoms with Crippen molar-refractivity contribution >= 4 is 0 Å². The SMILES string of the molecule is N#CCC(CC#N)C(c1ccccc1)c1ccccc1. The second kappa shape index (κ2) is 7.12. The number of nitriles is 2. The first-order chi connectivity index (χ1) is 9.86. The Morgan fingerprint density at radius 3 is 1.45 bits per heavy atom. The molecule has 2 aromatic rings. The Kier molecular flexibility index (Phi) is 4.93. The van der Waals surface area contributed by atoms with Crippen molar-refractivity contribution in [2.75, 3.05) is 0 Å². The molecule has 0 N–H and O–H groups in total. The predicted octanol–water partition coefficient (Wildman–Crippen LogP) is 4.26. The van der Waals surface area contributed by atoms with E-state index in [1.807, 2.05) is 36.4 Å². The van der Waals surface area contributed by atoms with Gasteiger partial charge in [-0.3, -0.25) is 0 Å². The van der Waals surface area contributed by atoms with Gasteiger partial charge in [0.15, 0.2) is 0 Å². The molecule has 0 heterocycles. The molecule has 0 aliphatic heterocycles. The summed E-state index contributed by atoms with van der Waals surface area (Å²) < 4.78 is 0. The van der Waals surface area contributed by atoms with E-state index in [1.165, 1.54) is 0 Å². The van der Waals surface area contributed by atoms with Crippen LogP contribution in [0.4, 0.5) is 0 Å². The topological polar surface area (TPSA) is 47.6 Å². The highest BCUT2D eigenvalue weighted by molar-refractivity contribution is 5.33. The maximum Gasteiger partial charge on any atom is 0.0625 e. The van der Waals surface area contributed by atoms with Crippen LogP contribution in [0.25, 0.3) is 0 Å². The maximum absolute atomic E-state index is 9.05. The molecule has 0 bridgehead atoms. The summed E-state index contributed by atoms with van der Waals surface area (Å²) in [5.74, 6) is 0.117. The highest BCUT2D eigenvalue weighted by atomic mass is 14.3. The van der Waals surface area contributed by atoms with Crippen LogP contribution in [-0.4, -0.2) is 0 Å². The lowest BCUT2D eigenvalue weighted by Gasteiger charge is -2.24. The first-order valence-electron chi connectivity index (χ1n) is 6.70. The van der Waals surface area contributed by atoms with Crippen molar-refractivity contribution in [2.45, 2.75) is 18.8 Å². The van der Waals surface area contributed by atoms with Gasteiger partial charge in [-0.05, 0) is 17.0 Å². The molecule has 0 amide bonds. The average Bonchev–Trinajstić information content (AvgIpc) is 2.50. The molecule has 98 valence electrons. The Hall–Kier alpha value is -2.58. The molecule has 0 aliphatic rings. The standard InChI is InChI=1S/C18H16N2/c19-13-11-17(12-14-20)18(15-7-3-1-4-8-15)16-9-5-2-6-10-16/h1-10,17-18H,11-12H2. The van der Waals surface area contributed by atoms with Gasteiger partial charge in [0.2, 0.25) is 0 Å². The molecule has 0 spiro atoms. The predicted molar refractivity (Wildman–Crippen MR) is 78.7 cm³/mol. The normalized spacial score (nSPS) is 10.2. The van der Waals surface area contributed by atoms with Crippen LogP contribution in [0.1, 0.15) is 29.9 Å². The monoisotopic (exact) mass is 260 g/mol. The molecule has 0 aromatic heterocycles. The number of hydrogen-bond acceptors (Lipinski definition) is 2. The molecule has 20 heavy (non-hydrogen) atoms. The number of hydrogen-bond donors (Lipinski definition) is 0. The molecule has 2 nitrogen and oxygen atoms in total. The maximum atomic E-state index is 9.05. The lowest BCUT2D eigenvalue weighted by molar-refractivity contribution is 0.487. The molecule has 0 radical (unpaired) electrons. The molecule has 2 rings (SSSR count). The van der Waals surface area contributed by atoms with Crippen molar-refractivity contribution in [1.82, 2.24) is 0 Å². The molecule has 0 atom stereocenters. The van der Waals surface area contributed by atoms with Gasteiger partial charge in [-0.1, -0.05) is 60.7 Å². The van der Waals surface area contributed by atoms with E-state index in [9.17, 15) is 0 Å². The van der Waals surface area contributed by atoms with Crippen molar-refractivity contribution in [3.8, 4) is 12.1 Å². The summed E-state index contributed by atoms with van der Waals surface area (Å²) in [6.07, 6.45) is 0.782. The molecule has 2 aromatic carbocycles. The van der Waals surface area contributed by atoms with Gasteiger partial charge >= 0.3 is 0 Å². The fourth-order valence-electron chi connectivity index (χ4n) is 2.60. The molecule has 0 saturated heterocycles. The van der Waals surface area contributed by atoms with Crippen LogP contribution in [0, 0.1) is 28.6 Å². The van der Waals surface area contributed by atoms with Gasteiger partial charge in [0.25, 0.3) is 0 Å². The van der Waals surface area contributed by atoms with Crippen LogP contribution in [-0.2, 0) is 0 Å². The minimum Gasteiger partial charge on any atom is -0.198 e. The van der Waals surface area contributed by atoms with Crippen molar-refractivity contribution in [3.05, 3.63) is 71.8 Å². The minimum absolute atomic E-state index is 0.0230. The summed E-state index contributed by atoms with van der Waals surface area (Å²) in [7, 11) is 0. The zero-order chi connectivity index (χ0) is 14.2. The van der Waals surface area contributed by atoms with Crippen LogP contribution >= 0.6 is 0 Å². The zero-order valence-corrected chi connectivity index (χ0v) is 11.2. The molecule has 0 fully saturated rings. The molecule has 0 unspecified atom stereocenters. The highest BCUT2D eigenvalue weighted by Crippen LogP contribution is 2.35. The van der Waals surface area contributed by atoms with Gasteiger partial charge in [0.1, 0.15) is 0 Å². The highest BCUT2D eigenvalue weighted by Gasteiger charge is 2.24.